The Hall–Kier alpha value is -2.56. The summed E-state index contributed by atoms with van der Waals surface area (Å²) in [5.74, 6) is -0.483. The van der Waals surface area contributed by atoms with Crippen molar-refractivity contribution in [3.63, 3.8) is 0 Å². The molecule has 0 fully saturated rings. The quantitative estimate of drug-likeness (QED) is 0.818. The van der Waals surface area contributed by atoms with E-state index in [0.717, 1.165) is 16.1 Å². The molecule has 1 N–H and O–H groups in total. The maximum absolute atomic E-state index is 12.6. The van der Waals surface area contributed by atoms with E-state index in [1.807, 2.05) is 6.07 Å². The van der Waals surface area contributed by atoms with E-state index in [2.05, 4.69) is 5.32 Å². The molecule has 1 amide bonds. The first-order valence-corrected chi connectivity index (χ1v) is 9.96. The van der Waals surface area contributed by atoms with Gasteiger partial charge in [-0.25, -0.2) is 8.42 Å². The number of nitrogens with zero attached hydrogens (tertiary/aromatic N) is 2. The fourth-order valence-electron chi connectivity index (χ4n) is 2.47. The Bertz CT molecular complexity index is 937. The number of carbonyl (C=O) groups excluding carboxylic acids is 1. The minimum atomic E-state index is -3.71. The summed E-state index contributed by atoms with van der Waals surface area (Å²) in [6.45, 7) is 1.50. The predicted octanol–water partition coefficient (Wildman–Crippen LogP) is 3.20. The molecular weight excluding hydrogens is 374 g/mol. The fourth-order valence-corrected chi connectivity index (χ4v) is 3.82. The molecule has 0 bridgehead atoms. The van der Waals surface area contributed by atoms with Crippen molar-refractivity contribution < 1.29 is 13.2 Å². The number of amides is 1. The smallest absolute Gasteiger partial charge is 0.247 e. The number of rotatable bonds is 6. The summed E-state index contributed by atoms with van der Waals surface area (Å²) in [4.78, 5) is 12.6. The van der Waals surface area contributed by atoms with Gasteiger partial charge in [0.1, 0.15) is 6.04 Å². The Morgan fingerprint density at radius 2 is 1.92 bits per heavy atom. The number of hydrogen-bond donors (Lipinski definition) is 1. The molecule has 0 heterocycles. The van der Waals surface area contributed by atoms with Gasteiger partial charge in [0.2, 0.25) is 15.9 Å². The number of nitriles is 1. The average Bonchev–Trinajstić information content (AvgIpc) is 2.55. The van der Waals surface area contributed by atoms with Gasteiger partial charge in [-0.3, -0.25) is 9.10 Å². The Kier molecular flexibility index (Phi) is 6.24. The molecule has 2 rings (SSSR count). The third-order valence-electron chi connectivity index (χ3n) is 3.66. The zero-order valence-corrected chi connectivity index (χ0v) is 15.9. The van der Waals surface area contributed by atoms with Crippen LogP contribution in [0.25, 0.3) is 0 Å². The van der Waals surface area contributed by atoms with Crippen LogP contribution in [0.2, 0.25) is 5.02 Å². The second-order valence-electron chi connectivity index (χ2n) is 5.74. The van der Waals surface area contributed by atoms with Crippen LogP contribution in [-0.2, 0) is 21.2 Å². The highest BCUT2D eigenvalue weighted by Crippen LogP contribution is 2.24. The highest BCUT2D eigenvalue weighted by molar-refractivity contribution is 7.92. The number of carbonyl (C=O) groups is 1. The average molecular weight is 392 g/mol. The first-order valence-electron chi connectivity index (χ1n) is 7.74. The lowest BCUT2D eigenvalue weighted by atomic mass is 10.1. The summed E-state index contributed by atoms with van der Waals surface area (Å²) in [5, 5.41) is 11.7. The molecule has 2 aromatic rings. The number of sulfonamides is 1. The maximum Gasteiger partial charge on any atom is 0.247 e. The van der Waals surface area contributed by atoms with Gasteiger partial charge in [-0.2, -0.15) is 5.26 Å². The van der Waals surface area contributed by atoms with E-state index in [1.54, 1.807) is 42.5 Å². The second-order valence-corrected chi connectivity index (χ2v) is 8.03. The van der Waals surface area contributed by atoms with E-state index in [1.165, 1.54) is 13.0 Å². The molecule has 6 nitrogen and oxygen atoms in total. The molecule has 0 aliphatic rings. The van der Waals surface area contributed by atoms with Crippen molar-refractivity contribution in [3.8, 4) is 6.07 Å². The van der Waals surface area contributed by atoms with Crippen LogP contribution in [0.4, 0.5) is 11.4 Å². The predicted molar refractivity (Wildman–Crippen MR) is 103 cm³/mol. The minimum absolute atomic E-state index is 0.279. The van der Waals surface area contributed by atoms with E-state index < -0.39 is 22.0 Å². The highest BCUT2D eigenvalue weighted by atomic mass is 35.5. The van der Waals surface area contributed by atoms with Gasteiger partial charge < -0.3 is 5.32 Å². The van der Waals surface area contributed by atoms with Crippen LogP contribution in [-0.4, -0.2) is 26.6 Å². The Balaban J connectivity index is 2.24. The van der Waals surface area contributed by atoms with Gasteiger partial charge in [-0.05, 0) is 42.8 Å². The van der Waals surface area contributed by atoms with Gasteiger partial charge in [0, 0.05) is 10.7 Å². The number of nitrogens with one attached hydrogen (secondary N) is 1. The van der Waals surface area contributed by atoms with Crippen LogP contribution < -0.4 is 9.62 Å². The molecule has 0 radical (unpaired) electrons. The third-order valence-corrected chi connectivity index (χ3v) is 5.13. The lowest BCUT2D eigenvalue weighted by molar-refractivity contribution is -0.116. The Labute approximate surface area is 158 Å². The van der Waals surface area contributed by atoms with Crippen LogP contribution in [0.5, 0.6) is 0 Å². The molecule has 26 heavy (non-hydrogen) atoms. The molecule has 2 aromatic carbocycles. The zero-order chi connectivity index (χ0) is 19.3. The molecule has 0 aliphatic carbocycles. The number of anilines is 2. The van der Waals surface area contributed by atoms with Crippen LogP contribution in [0, 0.1) is 11.3 Å². The third kappa shape index (κ3) is 4.97. The monoisotopic (exact) mass is 391 g/mol. The first-order chi connectivity index (χ1) is 12.2. The standard InChI is InChI=1S/C18H18ClN3O3S/c1-13(18(23)21-16-8-6-14(7-9-16)10-11-20)22(26(2,24)25)17-5-3-4-15(19)12-17/h3-9,12-13H,10H2,1-2H3,(H,21,23)/t13-/m0/s1. The molecule has 0 aromatic heterocycles. The van der Waals surface area contributed by atoms with E-state index in [4.69, 9.17) is 16.9 Å². The summed E-state index contributed by atoms with van der Waals surface area (Å²) < 4.78 is 25.5. The molecule has 0 unspecified atom stereocenters. The molecule has 8 heteroatoms. The lowest BCUT2D eigenvalue weighted by Gasteiger charge is -2.28. The van der Waals surface area contributed by atoms with Crippen molar-refractivity contribution in [2.45, 2.75) is 19.4 Å². The summed E-state index contributed by atoms with van der Waals surface area (Å²) in [6.07, 6.45) is 1.32. The maximum atomic E-state index is 12.6. The van der Waals surface area contributed by atoms with Crippen molar-refractivity contribution in [1.82, 2.24) is 0 Å². The van der Waals surface area contributed by atoms with Crippen LogP contribution in [0.3, 0.4) is 0 Å². The van der Waals surface area contributed by atoms with Gasteiger partial charge in [0.05, 0.1) is 24.4 Å². The van der Waals surface area contributed by atoms with Gasteiger partial charge in [0.25, 0.3) is 0 Å². The first kappa shape index (κ1) is 19.8. The van der Waals surface area contributed by atoms with Gasteiger partial charge in [-0.15, -0.1) is 0 Å². The molecule has 0 saturated carbocycles. The normalized spacial score (nSPS) is 12.1. The number of halogens is 1. The van der Waals surface area contributed by atoms with Crippen molar-refractivity contribution in [1.29, 1.82) is 5.26 Å². The van der Waals surface area contributed by atoms with Gasteiger partial charge in [0.15, 0.2) is 0 Å². The van der Waals surface area contributed by atoms with E-state index in [9.17, 15) is 13.2 Å². The fraction of sp³-hybridized carbons (Fsp3) is 0.222. The van der Waals surface area contributed by atoms with Gasteiger partial charge in [-0.1, -0.05) is 29.8 Å². The van der Waals surface area contributed by atoms with E-state index in [0.29, 0.717) is 16.4 Å². The summed E-state index contributed by atoms with van der Waals surface area (Å²) in [7, 11) is -3.71. The molecular formula is C18H18ClN3O3S. The van der Waals surface area contributed by atoms with Crippen molar-refractivity contribution in [3.05, 3.63) is 59.1 Å². The number of benzene rings is 2. The molecule has 136 valence electrons. The lowest BCUT2D eigenvalue weighted by Crippen LogP contribution is -2.45. The molecule has 0 aliphatic heterocycles. The summed E-state index contributed by atoms with van der Waals surface area (Å²) >= 11 is 5.95. The SMILES string of the molecule is C[C@@H](C(=O)Nc1ccc(CC#N)cc1)N(c1cccc(Cl)c1)S(C)(=O)=O. The van der Waals surface area contributed by atoms with Crippen molar-refractivity contribution >= 4 is 38.9 Å². The topological polar surface area (TPSA) is 90.3 Å². The highest BCUT2D eigenvalue weighted by Gasteiger charge is 2.29. The minimum Gasteiger partial charge on any atom is -0.324 e. The number of hydrogen-bond acceptors (Lipinski definition) is 4. The molecule has 1 atom stereocenters. The largest absolute Gasteiger partial charge is 0.324 e. The van der Waals surface area contributed by atoms with Crippen LogP contribution >= 0.6 is 11.6 Å². The van der Waals surface area contributed by atoms with Crippen LogP contribution in [0.15, 0.2) is 48.5 Å². The van der Waals surface area contributed by atoms with E-state index >= 15 is 0 Å². The second kappa shape index (κ2) is 8.21. The Morgan fingerprint density at radius 1 is 1.27 bits per heavy atom. The summed E-state index contributed by atoms with van der Waals surface area (Å²) in [6, 6.07) is 14.2. The zero-order valence-electron chi connectivity index (χ0n) is 14.3. The van der Waals surface area contributed by atoms with E-state index in [-0.39, 0.29) is 6.42 Å². The van der Waals surface area contributed by atoms with Crippen LogP contribution in [0.1, 0.15) is 12.5 Å². The van der Waals surface area contributed by atoms with Crippen molar-refractivity contribution in [2.75, 3.05) is 15.9 Å². The van der Waals surface area contributed by atoms with Crippen molar-refractivity contribution in [2.24, 2.45) is 0 Å². The summed E-state index contributed by atoms with van der Waals surface area (Å²) in [5.41, 5.74) is 1.66. The molecule has 0 spiro atoms. The molecule has 0 saturated heterocycles. The van der Waals surface area contributed by atoms with Gasteiger partial charge >= 0.3 is 0 Å². The Morgan fingerprint density at radius 3 is 2.46 bits per heavy atom.